The first-order chi connectivity index (χ1) is 12.2. The van der Waals surface area contributed by atoms with E-state index in [0.717, 1.165) is 30.0 Å². The molecule has 3 aromatic rings. The molecule has 0 unspecified atom stereocenters. The molecule has 3 aromatic carbocycles. The minimum absolute atomic E-state index is 0.462. The molecule has 4 rings (SSSR count). The Balaban J connectivity index is 1.71. The second-order valence-corrected chi connectivity index (χ2v) is 6.31. The maximum atomic E-state index is 6.28. The van der Waals surface area contributed by atoms with Crippen LogP contribution in [0.3, 0.4) is 0 Å². The van der Waals surface area contributed by atoms with Crippen molar-refractivity contribution in [2.45, 2.75) is 12.8 Å². The summed E-state index contributed by atoms with van der Waals surface area (Å²) in [7, 11) is 3.57. The Kier molecular flexibility index (Phi) is 3.80. The molecular weight excluding hydrogens is 310 g/mol. The predicted octanol–water partition coefficient (Wildman–Crippen LogP) is 4.03. The van der Waals surface area contributed by atoms with Crippen molar-refractivity contribution in [2.24, 2.45) is 10.7 Å². The molecule has 1 aliphatic carbocycles. The Morgan fingerprint density at radius 1 is 1.00 bits per heavy atom. The van der Waals surface area contributed by atoms with Crippen LogP contribution in [0.4, 0.5) is 11.4 Å². The van der Waals surface area contributed by atoms with Gasteiger partial charge in [-0.3, -0.25) is 0 Å². The number of benzene rings is 3. The van der Waals surface area contributed by atoms with Crippen LogP contribution < -0.4 is 15.4 Å². The van der Waals surface area contributed by atoms with Crippen LogP contribution in [-0.2, 0) is 12.8 Å². The molecule has 0 saturated carbocycles. The molecule has 1 aliphatic rings. The standard InChI is InChI=1S/C21H21N3O/c1-24(16-9-11-17(25-2)12-10-16)21(22)23-19-13-8-15-7-6-14-4-3-5-18(19)20(14)15/h3-5,8-13H,6-7H2,1-2H3,(H2,22,23). The highest BCUT2D eigenvalue weighted by Crippen LogP contribution is 2.36. The highest BCUT2D eigenvalue weighted by atomic mass is 16.5. The van der Waals surface area contributed by atoms with E-state index in [0.29, 0.717) is 5.96 Å². The molecule has 0 heterocycles. The molecule has 0 saturated heterocycles. The number of nitrogens with zero attached hydrogens (tertiary/aromatic N) is 2. The molecule has 4 nitrogen and oxygen atoms in total. The van der Waals surface area contributed by atoms with Gasteiger partial charge in [0.1, 0.15) is 5.75 Å². The van der Waals surface area contributed by atoms with Crippen LogP contribution in [0.2, 0.25) is 0 Å². The molecule has 0 aliphatic heterocycles. The minimum atomic E-state index is 0.462. The summed E-state index contributed by atoms with van der Waals surface area (Å²) < 4.78 is 5.20. The fourth-order valence-electron chi connectivity index (χ4n) is 3.47. The van der Waals surface area contributed by atoms with Gasteiger partial charge in [-0.15, -0.1) is 0 Å². The fourth-order valence-corrected chi connectivity index (χ4v) is 3.47. The number of hydrogen-bond acceptors (Lipinski definition) is 2. The van der Waals surface area contributed by atoms with Gasteiger partial charge in [-0.25, -0.2) is 4.99 Å². The van der Waals surface area contributed by atoms with Crippen LogP contribution in [0.15, 0.2) is 59.6 Å². The Hall–Kier alpha value is -3.01. The summed E-state index contributed by atoms with van der Waals surface area (Å²) in [6, 6.07) is 18.5. The number of rotatable bonds is 3. The molecule has 0 fully saturated rings. The van der Waals surface area contributed by atoms with Crippen LogP contribution in [0.25, 0.3) is 10.8 Å². The van der Waals surface area contributed by atoms with E-state index in [9.17, 15) is 0 Å². The van der Waals surface area contributed by atoms with E-state index in [-0.39, 0.29) is 0 Å². The van der Waals surface area contributed by atoms with E-state index in [4.69, 9.17) is 15.5 Å². The lowest BCUT2D eigenvalue weighted by atomic mass is 10.0. The van der Waals surface area contributed by atoms with Gasteiger partial charge in [-0.2, -0.15) is 0 Å². The lowest BCUT2D eigenvalue weighted by Crippen LogP contribution is -2.33. The molecule has 0 atom stereocenters. The van der Waals surface area contributed by atoms with E-state index in [2.05, 4.69) is 30.3 Å². The number of ether oxygens (including phenoxy) is 1. The topological polar surface area (TPSA) is 50.9 Å². The summed E-state index contributed by atoms with van der Waals surface area (Å²) in [5, 5.41) is 2.53. The third-order valence-electron chi connectivity index (χ3n) is 4.89. The Labute approximate surface area is 147 Å². The molecule has 25 heavy (non-hydrogen) atoms. The fraction of sp³-hybridized carbons (Fsp3) is 0.190. The van der Waals surface area contributed by atoms with Gasteiger partial charge < -0.3 is 15.4 Å². The molecular formula is C21H21N3O. The summed E-state index contributed by atoms with van der Waals surface area (Å²) >= 11 is 0. The quantitative estimate of drug-likeness (QED) is 0.582. The summed E-state index contributed by atoms with van der Waals surface area (Å²) in [5.41, 5.74) is 11.0. The molecule has 0 amide bonds. The van der Waals surface area contributed by atoms with Crippen LogP contribution in [0.5, 0.6) is 5.75 Å². The largest absolute Gasteiger partial charge is 0.497 e. The lowest BCUT2D eigenvalue weighted by molar-refractivity contribution is 0.415. The predicted molar refractivity (Wildman–Crippen MR) is 104 cm³/mol. The maximum Gasteiger partial charge on any atom is 0.200 e. The average Bonchev–Trinajstić information content (AvgIpc) is 3.08. The van der Waals surface area contributed by atoms with Crippen molar-refractivity contribution in [1.82, 2.24) is 0 Å². The molecule has 0 bridgehead atoms. The zero-order valence-corrected chi connectivity index (χ0v) is 14.5. The number of aliphatic imine (C=N–C) groups is 1. The first-order valence-corrected chi connectivity index (χ1v) is 8.43. The molecule has 126 valence electrons. The van der Waals surface area contributed by atoms with Gasteiger partial charge >= 0.3 is 0 Å². The molecule has 0 spiro atoms. The summed E-state index contributed by atoms with van der Waals surface area (Å²) in [5.74, 6) is 1.28. The average molecular weight is 331 g/mol. The van der Waals surface area contributed by atoms with Crippen LogP contribution in [0.1, 0.15) is 11.1 Å². The Morgan fingerprint density at radius 3 is 2.44 bits per heavy atom. The molecule has 2 N–H and O–H groups in total. The molecule has 0 radical (unpaired) electrons. The third kappa shape index (κ3) is 2.70. The number of guanidine groups is 1. The van der Waals surface area contributed by atoms with Gasteiger partial charge in [0.15, 0.2) is 0 Å². The lowest BCUT2D eigenvalue weighted by Gasteiger charge is -2.18. The Morgan fingerprint density at radius 2 is 1.72 bits per heavy atom. The summed E-state index contributed by atoms with van der Waals surface area (Å²) in [6.07, 6.45) is 2.22. The molecule has 4 heteroatoms. The normalized spacial score (nSPS) is 13.3. The number of aryl methyl sites for hydroxylation is 2. The van der Waals surface area contributed by atoms with E-state index in [1.54, 1.807) is 7.11 Å². The van der Waals surface area contributed by atoms with Crippen LogP contribution >= 0.6 is 0 Å². The summed E-state index contributed by atoms with van der Waals surface area (Å²) in [4.78, 5) is 6.58. The van der Waals surface area contributed by atoms with Gasteiger partial charge in [0.25, 0.3) is 0 Å². The highest BCUT2D eigenvalue weighted by molar-refractivity contribution is 6.02. The van der Waals surface area contributed by atoms with Crippen molar-refractivity contribution in [3.63, 3.8) is 0 Å². The van der Waals surface area contributed by atoms with E-state index >= 15 is 0 Å². The zero-order chi connectivity index (χ0) is 17.4. The third-order valence-corrected chi connectivity index (χ3v) is 4.89. The number of anilines is 1. The van der Waals surface area contributed by atoms with E-state index in [1.807, 2.05) is 36.2 Å². The van der Waals surface area contributed by atoms with Gasteiger partial charge in [-0.1, -0.05) is 24.3 Å². The monoisotopic (exact) mass is 331 g/mol. The number of nitrogens with two attached hydrogens (primary N) is 1. The summed E-state index contributed by atoms with van der Waals surface area (Å²) in [6.45, 7) is 0. The van der Waals surface area contributed by atoms with Crippen molar-refractivity contribution in [3.05, 3.63) is 65.7 Å². The second kappa shape index (κ2) is 6.13. The highest BCUT2D eigenvalue weighted by Gasteiger charge is 2.16. The minimum Gasteiger partial charge on any atom is -0.497 e. The van der Waals surface area contributed by atoms with Crippen LogP contribution in [0, 0.1) is 0 Å². The van der Waals surface area contributed by atoms with Crippen molar-refractivity contribution >= 4 is 28.1 Å². The Bertz CT molecular complexity index is 951. The van der Waals surface area contributed by atoms with Gasteiger partial charge in [0.2, 0.25) is 5.96 Å². The SMILES string of the molecule is COc1ccc(N(C)C(N)=Nc2ccc3c4c(cccc24)CC3)cc1. The van der Waals surface area contributed by atoms with Crippen molar-refractivity contribution in [3.8, 4) is 5.75 Å². The second-order valence-electron chi connectivity index (χ2n) is 6.31. The van der Waals surface area contributed by atoms with Crippen LogP contribution in [-0.4, -0.2) is 20.1 Å². The van der Waals surface area contributed by atoms with Gasteiger partial charge in [0.05, 0.1) is 12.8 Å². The van der Waals surface area contributed by atoms with Gasteiger partial charge in [0, 0.05) is 18.1 Å². The van der Waals surface area contributed by atoms with Crippen molar-refractivity contribution < 1.29 is 4.74 Å². The smallest absolute Gasteiger partial charge is 0.200 e. The first-order valence-electron chi connectivity index (χ1n) is 8.43. The first kappa shape index (κ1) is 15.5. The molecule has 0 aromatic heterocycles. The van der Waals surface area contributed by atoms with E-state index < -0.39 is 0 Å². The zero-order valence-electron chi connectivity index (χ0n) is 14.5. The van der Waals surface area contributed by atoms with Crippen molar-refractivity contribution in [1.29, 1.82) is 0 Å². The van der Waals surface area contributed by atoms with E-state index in [1.165, 1.54) is 21.9 Å². The van der Waals surface area contributed by atoms with Gasteiger partial charge in [-0.05, 0) is 59.7 Å². The number of methoxy groups -OCH3 is 1. The number of hydrogen-bond donors (Lipinski definition) is 1. The van der Waals surface area contributed by atoms with Crippen molar-refractivity contribution in [2.75, 3.05) is 19.1 Å². The maximum absolute atomic E-state index is 6.28.